The third-order valence-corrected chi connectivity index (χ3v) is 3.78. The second-order valence-corrected chi connectivity index (χ2v) is 5.39. The number of nitrogens with two attached hydrogens (primary N) is 1. The van der Waals surface area contributed by atoms with Crippen LogP contribution in [-0.4, -0.2) is 48.1 Å². The summed E-state index contributed by atoms with van der Waals surface area (Å²) in [5, 5.41) is 0. The van der Waals surface area contributed by atoms with Gasteiger partial charge in [-0.3, -0.25) is 0 Å². The third kappa shape index (κ3) is 2.97. The summed E-state index contributed by atoms with van der Waals surface area (Å²) in [6, 6.07) is 4.52. The van der Waals surface area contributed by atoms with Crippen LogP contribution in [0.15, 0.2) is 18.3 Å². The Balaban J connectivity index is 2.05. The van der Waals surface area contributed by atoms with Crippen LogP contribution in [0.25, 0.3) is 0 Å². The molecular weight excluding hydrogens is 244 g/mol. The summed E-state index contributed by atoms with van der Waals surface area (Å²) in [4.78, 5) is 9.45. The lowest BCUT2D eigenvalue weighted by molar-refractivity contribution is 0.249. The van der Waals surface area contributed by atoms with Crippen LogP contribution >= 0.6 is 12.2 Å². The normalized spacial score (nSPS) is 17.2. The fourth-order valence-electron chi connectivity index (χ4n) is 2.36. The largest absolute Gasteiger partial charge is 0.389 e. The van der Waals surface area contributed by atoms with Gasteiger partial charge in [0.2, 0.25) is 0 Å². The standard InChI is InChI=1S/C13H20N4S/c1-16(2)11-4-7-17(8-5-11)12-9-10(13(14)18)3-6-15-12/h3,6,9,11H,4-5,7-8H2,1-2H3,(H2,14,18). The topological polar surface area (TPSA) is 45.4 Å². The number of anilines is 1. The average Bonchev–Trinajstić information content (AvgIpc) is 2.39. The van der Waals surface area contributed by atoms with E-state index in [0.29, 0.717) is 11.0 Å². The molecule has 18 heavy (non-hydrogen) atoms. The van der Waals surface area contributed by atoms with Gasteiger partial charge in [-0.2, -0.15) is 0 Å². The number of thiocarbonyl (C=S) groups is 1. The number of rotatable bonds is 3. The quantitative estimate of drug-likeness (QED) is 0.832. The Morgan fingerprint density at radius 1 is 1.44 bits per heavy atom. The molecule has 4 nitrogen and oxygen atoms in total. The lowest BCUT2D eigenvalue weighted by atomic mass is 10.0. The summed E-state index contributed by atoms with van der Waals surface area (Å²) in [5.41, 5.74) is 6.55. The van der Waals surface area contributed by atoms with Gasteiger partial charge in [-0.25, -0.2) is 4.98 Å². The van der Waals surface area contributed by atoms with E-state index in [9.17, 15) is 0 Å². The minimum atomic E-state index is 0.432. The van der Waals surface area contributed by atoms with Crippen LogP contribution in [0.5, 0.6) is 0 Å². The second kappa shape index (κ2) is 5.63. The van der Waals surface area contributed by atoms with E-state index in [1.165, 1.54) is 12.8 Å². The molecule has 1 fully saturated rings. The smallest absolute Gasteiger partial charge is 0.129 e. The molecular formula is C13H20N4S. The fourth-order valence-corrected chi connectivity index (χ4v) is 2.48. The zero-order valence-electron chi connectivity index (χ0n) is 11.0. The Bertz CT molecular complexity index is 425. The van der Waals surface area contributed by atoms with Crippen molar-refractivity contribution in [1.29, 1.82) is 0 Å². The highest BCUT2D eigenvalue weighted by molar-refractivity contribution is 7.80. The summed E-state index contributed by atoms with van der Waals surface area (Å²) < 4.78 is 0. The molecule has 1 aromatic heterocycles. The molecule has 1 aliphatic rings. The van der Waals surface area contributed by atoms with Crippen LogP contribution in [0.3, 0.4) is 0 Å². The summed E-state index contributed by atoms with van der Waals surface area (Å²) in [6.45, 7) is 2.08. The van der Waals surface area contributed by atoms with E-state index in [-0.39, 0.29) is 0 Å². The van der Waals surface area contributed by atoms with Gasteiger partial charge in [-0.15, -0.1) is 0 Å². The first-order valence-electron chi connectivity index (χ1n) is 6.25. The highest BCUT2D eigenvalue weighted by Gasteiger charge is 2.21. The summed E-state index contributed by atoms with van der Waals surface area (Å²) in [6.07, 6.45) is 4.12. The second-order valence-electron chi connectivity index (χ2n) is 4.95. The summed E-state index contributed by atoms with van der Waals surface area (Å²) in [7, 11) is 4.29. The molecule has 0 aromatic carbocycles. The molecule has 1 saturated heterocycles. The first-order valence-corrected chi connectivity index (χ1v) is 6.66. The van der Waals surface area contributed by atoms with Gasteiger partial charge in [0.1, 0.15) is 10.8 Å². The van der Waals surface area contributed by atoms with Crippen LogP contribution < -0.4 is 10.6 Å². The molecule has 5 heteroatoms. The molecule has 0 spiro atoms. The van der Waals surface area contributed by atoms with Gasteiger partial charge >= 0.3 is 0 Å². The van der Waals surface area contributed by atoms with Crippen molar-refractivity contribution < 1.29 is 0 Å². The predicted octanol–water partition coefficient (Wildman–Crippen LogP) is 1.25. The molecule has 0 unspecified atom stereocenters. The average molecular weight is 264 g/mol. The molecule has 98 valence electrons. The van der Waals surface area contributed by atoms with Gasteiger partial charge in [0, 0.05) is 30.9 Å². The van der Waals surface area contributed by atoms with E-state index in [2.05, 4.69) is 28.9 Å². The summed E-state index contributed by atoms with van der Waals surface area (Å²) >= 11 is 5.00. The van der Waals surface area contributed by atoms with Crippen molar-refractivity contribution >= 4 is 23.0 Å². The Kier molecular flexibility index (Phi) is 4.14. The SMILES string of the molecule is CN(C)C1CCN(c2cc(C(N)=S)ccn2)CC1. The van der Waals surface area contributed by atoms with Gasteiger partial charge in [0.15, 0.2) is 0 Å². The molecule has 1 aliphatic heterocycles. The van der Waals surface area contributed by atoms with E-state index in [0.717, 1.165) is 24.5 Å². The number of nitrogens with zero attached hydrogens (tertiary/aromatic N) is 3. The molecule has 0 amide bonds. The minimum absolute atomic E-state index is 0.432. The van der Waals surface area contributed by atoms with Crippen LogP contribution in [0, 0.1) is 0 Å². The molecule has 0 radical (unpaired) electrons. The Morgan fingerprint density at radius 2 is 2.11 bits per heavy atom. The van der Waals surface area contributed by atoms with Gasteiger partial charge in [0.05, 0.1) is 0 Å². The first kappa shape index (κ1) is 13.2. The van der Waals surface area contributed by atoms with Crippen molar-refractivity contribution in [1.82, 2.24) is 9.88 Å². The predicted molar refractivity (Wildman–Crippen MR) is 79.0 cm³/mol. The highest BCUT2D eigenvalue weighted by Crippen LogP contribution is 2.20. The van der Waals surface area contributed by atoms with Gasteiger partial charge in [-0.05, 0) is 39.1 Å². The van der Waals surface area contributed by atoms with E-state index in [1.54, 1.807) is 6.20 Å². The molecule has 0 saturated carbocycles. The number of hydrogen-bond acceptors (Lipinski definition) is 4. The van der Waals surface area contributed by atoms with Crippen LogP contribution in [0.2, 0.25) is 0 Å². The van der Waals surface area contributed by atoms with Crippen LogP contribution in [0.4, 0.5) is 5.82 Å². The van der Waals surface area contributed by atoms with Gasteiger partial charge < -0.3 is 15.5 Å². The maximum absolute atomic E-state index is 5.65. The molecule has 0 aliphatic carbocycles. The van der Waals surface area contributed by atoms with E-state index in [1.807, 2.05) is 12.1 Å². The first-order chi connectivity index (χ1) is 8.58. The zero-order valence-corrected chi connectivity index (χ0v) is 11.8. The molecule has 2 rings (SSSR count). The Morgan fingerprint density at radius 3 is 2.67 bits per heavy atom. The Labute approximate surface area is 114 Å². The van der Waals surface area contributed by atoms with Crippen LogP contribution in [0.1, 0.15) is 18.4 Å². The minimum Gasteiger partial charge on any atom is -0.389 e. The van der Waals surface area contributed by atoms with Crippen molar-refractivity contribution in [3.8, 4) is 0 Å². The fraction of sp³-hybridized carbons (Fsp3) is 0.538. The van der Waals surface area contributed by atoms with Crippen molar-refractivity contribution in [3.05, 3.63) is 23.9 Å². The van der Waals surface area contributed by atoms with Crippen molar-refractivity contribution in [2.24, 2.45) is 5.73 Å². The lowest BCUT2D eigenvalue weighted by Crippen LogP contribution is -2.42. The monoisotopic (exact) mass is 264 g/mol. The van der Waals surface area contributed by atoms with Crippen molar-refractivity contribution in [2.75, 3.05) is 32.1 Å². The molecule has 2 N–H and O–H groups in total. The highest BCUT2D eigenvalue weighted by atomic mass is 32.1. The van der Waals surface area contributed by atoms with Crippen molar-refractivity contribution in [2.45, 2.75) is 18.9 Å². The third-order valence-electron chi connectivity index (χ3n) is 3.55. The van der Waals surface area contributed by atoms with E-state index < -0.39 is 0 Å². The number of piperidine rings is 1. The molecule has 0 bridgehead atoms. The van der Waals surface area contributed by atoms with E-state index in [4.69, 9.17) is 18.0 Å². The number of pyridine rings is 1. The lowest BCUT2D eigenvalue weighted by Gasteiger charge is -2.35. The maximum Gasteiger partial charge on any atom is 0.129 e. The molecule has 0 atom stereocenters. The van der Waals surface area contributed by atoms with Gasteiger partial charge in [0.25, 0.3) is 0 Å². The maximum atomic E-state index is 5.65. The Hall–Kier alpha value is -1.20. The van der Waals surface area contributed by atoms with Crippen LogP contribution in [-0.2, 0) is 0 Å². The number of hydrogen-bond donors (Lipinski definition) is 1. The van der Waals surface area contributed by atoms with Gasteiger partial charge in [-0.1, -0.05) is 12.2 Å². The molecule has 2 heterocycles. The van der Waals surface area contributed by atoms with Crippen molar-refractivity contribution in [3.63, 3.8) is 0 Å². The zero-order chi connectivity index (χ0) is 13.1. The number of aromatic nitrogens is 1. The molecule has 1 aromatic rings. The summed E-state index contributed by atoms with van der Waals surface area (Å²) in [5.74, 6) is 0.984. The van der Waals surface area contributed by atoms with E-state index >= 15 is 0 Å².